The summed E-state index contributed by atoms with van der Waals surface area (Å²) in [5, 5.41) is 3.70. The van der Waals surface area contributed by atoms with Gasteiger partial charge < -0.3 is 10.1 Å². The summed E-state index contributed by atoms with van der Waals surface area (Å²) in [4.78, 5) is 0. The average molecular weight is 183 g/mol. The fourth-order valence-corrected chi connectivity index (χ4v) is 2.34. The van der Waals surface area contributed by atoms with Crippen LogP contribution < -0.4 is 5.32 Å². The van der Waals surface area contributed by atoms with Crippen molar-refractivity contribution in [3.05, 3.63) is 0 Å². The molecule has 1 atom stereocenters. The number of hydrogen-bond acceptors (Lipinski definition) is 2. The maximum Gasteiger partial charge on any atom is 0.0601 e. The highest BCUT2D eigenvalue weighted by Crippen LogP contribution is 2.31. The fourth-order valence-electron chi connectivity index (χ4n) is 2.34. The fraction of sp³-hybridized carbons (Fsp3) is 1.00. The van der Waals surface area contributed by atoms with Gasteiger partial charge in [-0.25, -0.2) is 0 Å². The zero-order chi connectivity index (χ0) is 9.26. The van der Waals surface area contributed by atoms with Crippen LogP contribution in [-0.4, -0.2) is 25.3 Å². The van der Waals surface area contributed by atoms with Crippen LogP contribution in [0.4, 0.5) is 0 Å². The summed E-state index contributed by atoms with van der Waals surface area (Å²) in [7, 11) is 1.82. The third-order valence-corrected chi connectivity index (χ3v) is 3.78. The predicted octanol–water partition coefficient (Wildman–Crippen LogP) is 1.94. The van der Waals surface area contributed by atoms with Crippen LogP contribution in [0.15, 0.2) is 0 Å². The molecule has 76 valence electrons. The Hall–Kier alpha value is -0.0800. The lowest BCUT2D eigenvalue weighted by atomic mass is 9.79. The van der Waals surface area contributed by atoms with E-state index in [1.165, 1.54) is 32.1 Å². The van der Waals surface area contributed by atoms with Gasteiger partial charge in [-0.1, -0.05) is 6.42 Å². The molecule has 1 N–H and O–H groups in total. The van der Waals surface area contributed by atoms with Gasteiger partial charge in [-0.15, -0.1) is 0 Å². The lowest BCUT2D eigenvalue weighted by Gasteiger charge is -2.40. The van der Waals surface area contributed by atoms with Gasteiger partial charge in [0, 0.05) is 19.2 Å². The Bertz CT molecular complexity index is 161. The van der Waals surface area contributed by atoms with E-state index in [2.05, 4.69) is 12.2 Å². The molecule has 0 bridgehead atoms. The van der Waals surface area contributed by atoms with E-state index in [0.717, 1.165) is 18.0 Å². The van der Waals surface area contributed by atoms with E-state index in [4.69, 9.17) is 4.74 Å². The van der Waals surface area contributed by atoms with Crippen molar-refractivity contribution in [3.63, 3.8) is 0 Å². The second-order valence-corrected chi connectivity index (χ2v) is 4.67. The normalized spacial score (nSPS) is 36.5. The summed E-state index contributed by atoms with van der Waals surface area (Å²) in [6.07, 6.45) is 7.29. The van der Waals surface area contributed by atoms with Gasteiger partial charge in [-0.3, -0.25) is 0 Å². The van der Waals surface area contributed by atoms with Gasteiger partial charge in [0.1, 0.15) is 0 Å². The minimum atomic E-state index is 0.533. The van der Waals surface area contributed by atoms with Crippen LogP contribution in [0.25, 0.3) is 0 Å². The minimum Gasteiger partial charge on any atom is -0.381 e. The molecule has 0 aromatic rings. The van der Waals surface area contributed by atoms with Gasteiger partial charge in [0.05, 0.1) is 6.10 Å². The van der Waals surface area contributed by atoms with E-state index in [0.29, 0.717) is 6.10 Å². The largest absolute Gasteiger partial charge is 0.381 e. The van der Waals surface area contributed by atoms with E-state index in [9.17, 15) is 0 Å². The quantitative estimate of drug-likeness (QED) is 0.719. The van der Waals surface area contributed by atoms with E-state index < -0.39 is 0 Å². The summed E-state index contributed by atoms with van der Waals surface area (Å²) in [6.45, 7) is 2.34. The number of nitrogens with one attached hydrogen (secondary N) is 1. The number of hydrogen-bond donors (Lipinski definition) is 1. The topological polar surface area (TPSA) is 21.3 Å². The molecule has 2 aliphatic rings. The second-order valence-electron chi connectivity index (χ2n) is 4.67. The molecule has 0 radical (unpaired) electrons. The van der Waals surface area contributed by atoms with Crippen LogP contribution in [-0.2, 0) is 4.74 Å². The van der Waals surface area contributed by atoms with Crippen molar-refractivity contribution in [2.75, 3.05) is 7.11 Å². The lowest BCUT2D eigenvalue weighted by molar-refractivity contribution is 0.0107. The van der Waals surface area contributed by atoms with Gasteiger partial charge in [0.25, 0.3) is 0 Å². The second kappa shape index (κ2) is 3.97. The SMILES string of the molecule is COC1CC(NC(C)C2CCC2)C1. The Morgan fingerprint density at radius 3 is 2.46 bits per heavy atom. The third kappa shape index (κ3) is 2.05. The van der Waals surface area contributed by atoms with Crippen LogP contribution in [0, 0.1) is 5.92 Å². The molecule has 13 heavy (non-hydrogen) atoms. The van der Waals surface area contributed by atoms with Gasteiger partial charge in [0.15, 0.2) is 0 Å². The van der Waals surface area contributed by atoms with Crippen molar-refractivity contribution in [3.8, 4) is 0 Å². The summed E-state index contributed by atoms with van der Waals surface area (Å²) < 4.78 is 5.26. The van der Waals surface area contributed by atoms with Gasteiger partial charge >= 0.3 is 0 Å². The third-order valence-electron chi connectivity index (χ3n) is 3.78. The molecule has 2 rings (SSSR count). The molecule has 2 heteroatoms. The summed E-state index contributed by atoms with van der Waals surface area (Å²) in [5.74, 6) is 0.960. The van der Waals surface area contributed by atoms with Gasteiger partial charge in [-0.05, 0) is 38.5 Å². The molecule has 2 nitrogen and oxygen atoms in total. The van der Waals surface area contributed by atoms with E-state index in [1.54, 1.807) is 0 Å². The summed E-state index contributed by atoms with van der Waals surface area (Å²) in [6, 6.07) is 1.47. The van der Waals surface area contributed by atoms with Crippen LogP contribution >= 0.6 is 0 Å². The molecular formula is C11H21NO. The van der Waals surface area contributed by atoms with Crippen LogP contribution in [0.1, 0.15) is 39.0 Å². The van der Waals surface area contributed by atoms with E-state index in [-0.39, 0.29) is 0 Å². The molecule has 0 heterocycles. The summed E-state index contributed by atoms with van der Waals surface area (Å²) >= 11 is 0. The molecule has 2 aliphatic carbocycles. The molecule has 2 saturated carbocycles. The Morgan fingerprint density at radius 1 is 1.31 bits per heavy atom. The first kappa shape index (κ1) is 9.47. The average Bonchev–Trinajstić information content (AvgIpc) is 1.92. The zero-order valence-electron chi connectivity index (χ0n) is 8.75. The van der Waals surface area contributed by atoms with Crippen LogP contribution in [0.3, 0.4) is 0 Å². The molecule has 0 aromatic heterocycles. The Labute approximate surface area is 81.0 Å². The Balaban J connectivity index is 1.62. The molecule has 0 aliphatic heterocycles. The predicted molar refractivity (Wildman–Crippen MR) is 53.8 cm³/mol. The first-order chi connectivity index (χ1) is 6.29. The van der Waals surface area contributed by atoms with Crippen LogP contribution in [0.2, 0.25) is 0 Å². The molecule has 0 amide bonds. The Kier molecular flexibility index (Phi) is 2.89. The maximum atomic E-state index is 5.26. The molecule has 2 fully saturated rings. The highest BCUT2D eigenvalue weighted by atomic mass is 16.5. The standard InChI is InChI=1S/C11H21NO/c1-8(9-4-3-5-9)12-10-6-11(7-10)13-2/h8-12H,3-7H2,1-2H3. The minimum absolute atomic E-state index is 0.533. The van der Waals surface area contributed by atoms with Crippen molar-refractivity contribution in [1.29, 1.82) is 0 Å². The van der Waals surface area contributed by atoms with Crippen molar-refractivity contribution < 1.29 is 4.74 Å². The van der Waals surface area contributed by atoms with Crippen molar-refractivity contribution in [2.24, 2.45) is 5.92 Å². The smallest absolute Gasteiger partial charge is 0.0601 e. The van der Waals surface area contributed by atoms with Crippen molar-refractivity contribution in [2.45, 2.75) is 57.2 Å². The highest BCUT2D eigenvalue weighted by molar-refractivity contribution is 4.90. The monoisotopic (exact) mass is 183 g/mol. The van der Waals surface area contributed by atoms with E-state index >= 15 is 0 Å². The zero-order valence-corrected chi connectivity index (χ0v) is 8.75. The molecule has 0 saturated heterocycles. The molecule has 1 unspecified atom stereocenters. The summed E-state index contributed by atoms with van der Waals surface area (Å²) in [5.41, 5.74) is 0. The van der Waals surface area contributed by atoms with Gasteiger partial charge in [-0.2, -0.15) is 0 Å². The number of rotatable bonds is 4. The molecule has 0 spiro atoms. The Morgan fingerprint density at radius 2 is 2.00 bits per heavy atom. The first-order valence-corrected chi connectivity index (χ1v) is 5.58. The van der Waals surface area contributed by atoms with E-state index in [1.807, 2.05) is 7.11 Å². The maximum absolute atomic E-state index is 5.26. The van der Waals surface area contributed by atoms with Crippen molar-refractivity contribution >= 4 is 0 Å². The molecular weight excluding hydrogens is 162 g/mol. The lowest BCUT2D eigenvalue weighted by Crippen LogP contribution is -2.51. The molecule has 0 aromatic carbocycles. The first-order valence-electron chi connectivity index (χ1n) is 5.58. The highest BCUT2D eigenvalue weighted by Gasteiger charge is 2.32. The van der Waals surface area contributed by atoms with Crippen LogP contribution in [0.5, 0.6) is 0 Å². The number of methoxy groups -OCH3 is 1. The van der Waals surface area contributed by atoms with Crippen molar-refractivity contribution in [1.82, 2.24) is 5.32 Å². The van der Waals surface area contributed by atoms with Gasteiger partial charge in [0.2, 0.25) is 0 Å². The number of ether oxygens (including phenoxy) is 1.